The van der Waals surface area contributed by atoms with Crippen molar-refractivity contribution < 1.29 is 46.2 Å². The summed E-state index contributed by atoms with van der Waals surface area (Å²) >= 11 is 0. The summed E-state index contributed by atoms with van der Waals surface area (Å²) < 4.78 is 58.9. The number of alkyl halides is 3. The van der Waals surface area contributed by atoms with Gasteiger partial charge in [-0.25, -0.2) is 9.97 Å². The minimum absolute atomic E-state index is 0.223. The van der Waals surface area contributed by atoms with E-state index in [0.717, 1.165) is 21.7 Å². The number of rotatable bonds is 10. The third-order valence-electron chi connectivity index (χ3n) is 8.32. The van der Waals surface area contributed by atoms with E-state index in [9.17, 15) is 27.6 Å². The molecule has 4 heterocycles. The average molecular weight is 688 g/mol. The summed E-state index contributed by atoms with van der Waals surface area (Å²) in [6.07, 6.45) is -1.12. The molecule has 1 fully saturated rings. The number of furan rings is 1. The first-order chi connectivity index (χ1) is 24.0. The highest BCUT2D eigenvalue weighted by molar-refractivity contribution is 6.10. The predicted molar refractivity (Wildman–Crippen MR) is 173 cm³/mol. The predicted octanol–water partition coefficient (Wildman–Crippen LogP) is 5.86. The maximum Gasteiger partial charge on any atom is 0.573 e. The van der Waals surface area contributed by atoms with Crippen molar-refractivity contribution in [1.29, 1.82) is 0 Å². The zero-order valence-electron chi connectivity index (χ0n) is 26.4. The molecule has 2 N–H and O–H groups in total. The first kappa shape index (κ1) is 32.4. The van der Waals surface area contributed by atoms with Crippen LogP contribution in [0, 0.1) is 0 Å². The van der Waals surface area contributed by atoms with Gasteiger partial charge in [-0.1, -0.05) is 6.07 Å². The molecule has 3 aromatic heterocycles. The summed E-state index contributed by atoms with van der Waals surface area (Å²) in [6, 6.07) is 16.3. The lowest BCUT2D eigenvalue weighted by Gasteiger charge is -2.20. The standard InChI is InChI=1S/C35H28F3N5O7/c1-43(31(45)18-48-22-5-9-27(39-16-22)33-40-26-8-4-21(15-28(26)41-33)50-35(36,37)38)12-13-47-20-3-6-23-19(14-20)2-10-29-32(23)25(17-49-29)24-7-11-30(44)42-34(24)46/h2-6,8-10,14-17,24H,7,11-13,18H2,1H3,(H,40,41)(H,42,44,46). The highest BCUT2D eigenvalue weighted by atomic mass is 19.4. The molecule has 1 aliphatic heterocycles. The molecule has 0 saturated carbocycles. The number of fused-ring (bicyclic) bond motifs is 4. The second kappa shape index (κ2) is 13.1. The van der Waals surface area contributed by atoms with Crippen LogP contribution in [0.2, 0.25) is 0 Å². The number of imide groups is 1. The number of carbonyl (C=O) groups excluding carboxylic acids is 3. The van der Waals surface area contributed by atoms with E-state index in [1.54, 1.807) is 25.4 Å². The van der Waals surface area contributed by atoms with Crippen LogP contribution in [-0.2, 0) is 14.4 Å². The topological polar surface area (TPSA) is 149 Å². The number of aromatic amines is 1. The lowest BCUT2D eigenvalue weighted by molar-refractivity contribution is -0.274. The van der Waals surface area contributed by atoms with Gasteiger partial charge in [0.05, 0.1) is 36.0 Å². The number of likely N-dealkylation sites (N-methyl/N-ethyl adjacent to an activating group) is 1. The Kier molecular flexibility index (Phi) is 8.47. The van der Waals surface area contributed by atoms with E-state index in [1.807, 2.05) is 30.3 Å². The second-order valence-corrected chi connectivity index (χ2v) is 11.7. The maximum absolute atomic E-state index is 12.7. The second-order valence-electron chi connectivity index (χ2n) is 11.7. The number of ether oxygens (including phenoxy) is 3. The van der Waals surface area contributed by atoms with Crippen molar-refractivity contribution in [3.63, 3.8) is 0 Å². The van der Waals surface area contributed by atoms with Gasteiger partial charge in [-0.3, -0.25) is 19.7 Å². The number of hydrogen-bond donors (Lipinski definition) is 2. The number of imidazole rings is 1. The van der Waals surface area contributed by atoms with Gasteiger partial charge in [-0.15, -0.1) is 13.2 Å². The lowest BCUT2D eigenvalue weighted by Crippen LogP contribution is -2.39. The van der Waals surface area contributed by atoms with Crippen LogP contribution in [0.15, 0.2) is 77.5 Å². The van der Waals surface area contributed by atoms with Crippen LogP contribution < -0.4 is 19.5 Å². The highest BCUT2D eigenvalue weighted by Gasteiger charge is 2.32. The zero-order chi connectivity index (χ0) is 35.0. The molecule has 3 aromatic carbocycles. The van der Waals surface area contributed by atoms with Crippen LogP contribution in [0.5, 0.6) is 17.2 Å². The number of piperidine rings is 1. The number of amides is 3. The number of halogens is 3. The molecular formula is C35H28F3N5O7. The Balaban J connectivity index is 0.918. The minimum Gasteiger partial charge on any atom is -0.492 e. The fraction of sp³-hybridized carbons (Fsp3) is 0.229. The van der Waals surface area contributed by atoms with E-state index in [4.69, 9.17) is 13.9 Å². The van der Waals surface area contributed by atoms with E-state index in [2.05, 4.69) is 25.0 Å². The van der Waals surface area contributed by atoms with Gasteiger partial charge in [-0.2, -0.15) is 0 Å². The zero-order valence-corrected chi connectivity index (χ0v) is 26.4. The smallest absolute Gasteiger partial charge is 0.492 e. The van der Waals surface area contributed by atoms with Crippen LogP contribution in [0.25, 0.3) is 44.3 Å². The van der Waals surface area contributed by atoms with Crippen molar-refractivity contribution in [2.24, 2.45) is 0 Å². The van der Waals surface area contributed by atoms with Crippen molar-refractivity contribution in [2.75, 3.05) is 26.8 Å². The fourth-order valence-electron chi connectivity index (χ4n) is 5.80. The molecule has 0 bridgehead atoms. The maximum atomic E-state index is 12.7. The molecule has 1 saturated heterocycles. The summed E-state index contributed by atoms with van der Waals surface area (Å²) in [5.74, 6) is -0.454. The van der Waals surface area contributed by atoms with Gasteiger partial charge in [-0.05, 0) is 65.7 Å². The number of carbonyl (C=O) groups is 3. The molecule has 7 rings (SSSR count). The molecule has 15 heteroatoms. The summed E-state index contributed by atoms with van der Waals surface area (Å²) in [5.41, 5.74) is 2.59. The molecule has 1 unspecified atom stereocenters. The van der Waals surface area contributed by atoms with Crippen LogP contribution in [0.1, 0.15) is 24.3 Å². The quantitative estimate of drug-likeness (QED) is 0.169. The summed E-state index contributed by atoms with van der Waals surface area (Å²) in [7, 11) is 1.63. The number of aromatic nitrogens is 3. The van der Waals surface area contributed by atoms with E-state index in [-0.39, 0.29) is 43.1 Å². The van der Waals surface area contributed by atoms with Crippen LogP contribution in [0.4, 0.5) is 13.2 Å². The Bertz CT molecular complexity index is 2250. The van der Waals surface area contributed by atoms with Gasteiger partial charge < -0.3 is 28.5 Å². The Hall–Kier alpha value is -6.12. The Labute approximate surface area is 281 Å². The van der Waals surface area contributed by atoms with E-state index in [1.165, 1.54) is 29.3 Å². The monoisotopic (exact) mass is 687 g/mol. The number of H-pyrrole nitrogens is 1. The Morgan fingerprint density at radius 2 is 1.84 bits per heavy atom. The van der Waals surface area contributed by atoms with Crippen molar-refractivity contribution in [3.8, 4) is 28.8 Å². The third kappa shape index (κ3) is 6.88. The van der Waals surface area contributed by atoms with Crippen LogP contribution >= 0.6 is 0 Å². The normalized spacial score (nSPS) is 15.0. The van der Waals surface area contributed by atoms with Crippen LogP contribution in [-0.4, -0.2) is 70.7 Å². The lowest BCUT2D eigenvalue weighted by atomic mass is 9.89. The van der Waals surface area contributed by atoms with Gasteiger partial charge in [0.2, 0.25) is 11.8 Å². The molecule has 50 heavy (non-hydrogen) atoms. The molecule has 1 atom stereocenters. The molecule has 3 amide bonds. The van der Waals surface area contributed by atoms with Crippen molar-refractivity contribution in [2.45, 2.75) is 25.1 Å². The molecular weight excluding hydrogens is 659 g/mol. The average Bonchev–Trinajstić information content (AvgIpc) is 3.71. The largest absolute Gasteiger partial charge is 0.573 e. The fourth-order valence-corrected chi connectivity index (χ4v) is 5.80. The minimum atomic E-state index is -4.80. The highest BCUT2D eigenvalue weighted by Crippen LogP contribution is 2.38. The van der Waals surface area contributed by atoms with Crippen molar-refractivity contribution >= 4 is 50.5 Å². The van der Waals surface area contributed by atoms with Gasteiger partial charge in [0, 0.05) is 30.5 Å². The number of nitrogens with zero attached hydrogens (tertiary/aromatic N) is 3. The summed E-state index contributed by atoms with van der Waals surface area (Å²) in [5, 5.41) is 5.00. The van der Waals surface area contributed by atoms with Crippen molar-refractivity contribution in [3.05, 3.63) is 78.7 Å². The van der Waals surface area contributed by atoms with Gasteiger partial charge in [0.15, 0.2) is 12.4 Å². The third-order valence-corrected chi connectivity index (χ3v) is 8.32. The number of pyridine rings is 1. The molecule has 1 aliphatic rings. The number of benzene rings is 3. The van der Waals surface area contributed by atoms with E-state index < -0.39 is 12.3 Å². The summed E-state index contributed by atoms with van der Waals surface area (Å²) in [6.45, 7) is 0.275. The van der Waals surface area contributed by atoms with Gasteiger partial charge in [0.1, 0.15) is 35.1 Å². The van der Waals surface area contributed by atoms with Gasteiger partial charge >= 0.3 is 6.36 Å². The number of nitrogens with one attached hydrogen (secondary N) is 2. The van der Waals surface area contributed by atoms with Crippen LogP contribution in [0.3, 0.4) is 0 Å². The Morgan fingerprint density at radius 1 is 1.02 bits per heavy atom. The molecule has 256 valence electrons. The van der Waals surface area contributed by atoms with E-state index >= 15 is 0 Å². The summed E-state index contributed by atoms with van der Waals surface area (Å²) in [4.78, 5) is 49.9. The van der Waals surface area contributed by atoms with E-state index in [0.29, 0.717) is 52.6 Å². The molecule has 12 nitrogen and oxygen atoms in total. The molecule has 0 spiro atoms. The molecule has 0 aliphatic carbocycles. The first-order valence-corrected chi connectivity index (χ1v) is 15.5. The molecule has 0 radical (unpaired) electrons. The van der Waals surface area contributed by atoms with Crippen molar-refractivity contribution in [1.82, 2.24) is 25.2 Å². The Morgan fingerprint density at radius 3 is 2.62 bits per heavy atom. The SMILES string of the molecule is CN(CCOc1ccc2c(ccc3occ(C4CCC(=O)NC4=O)c32)c1)C(=O)COc1ccc(-c2nc3ccc(OC(F)(F)F)cc3[nH]2)nc1. The first-order valence-electron chi connectivity index (χ1n) is 15.5. The number of hydrogen-bond acceptors (Lipinski definition) is 9. The van der Waals surface area contributed by atoms with Gasteiger partial charge in [0.25, 0.3) is 5.91 Å². The molecule has 6 aromatic rings.